The SMILES string of the molecule is CCN(Cc1ccccc1)S(=O)(=O)c1ccc(CNCC(C)C)o1. The molecule has 2 aromatic rings. The second kappa shape index (κ2) is 8.46. The number of hydrogen-bond acceptors (Lipinski definition) is 4. The van der Waals surface area contributed by atoms with Gasteiger partial charge in [-0.15, -0.1) is 0 Å². The Kier molecular flexibility index (Phi) is 6.60. The number of nitrogens with zero attached hydrogens (tertiary/aromatic N) is 1. The normalized spacial score (nSPS) is 12.2. The quantitative estimate of drug-likeness (QED) is 0.754. The zero-order valence-corrected chi connectivity index (χ0v) is 15.3. The van der Waals surface area contributed by atoms with E-state index in [1.165, 1.54) is 10.4 Å². The van der Waals surface area contributed by atoms with E-state index in [-0.39, 0.29) is 5.09 Å². The summed E-state index contributed by atoms with van der Waals surface area (Å²) in [5.74, 6) is 1.16. The number of furan rings is 1. The molecule has 5 nitrogen and oxygen atoms in total. The molecule has 0 radical (unpaired) electrons. The summed E-state index contributed by atoms with van der Waals surface area (Å²) in [4.78, 5) is 0. The van der Waals surface area contributed by atoms with Crippen LogP contribution >= 0.6 is 0 Å². The summed E-state index contributed by atoms with van der Waals surface area (Å²) in [5.41, 5.74) is 0.952. The van der Waals surface area contributed by atoms with Crippen LogP contribution in [0.3, 0.4) is 0 Å². The summed E-state index contributed by atoms with van der Waals surface area (Å²) < 4.78 is 32.5. The van der Waals surface area contributed by atoms with Gasteiger partial charge in [-0.2, -0.15) is 4.31 Å². The van der Waals surface area contributed by atoms with Crippen molar-refractivity contribution in [1.82, 2.24) is 9.62 Å². The number of nitrogens with one attached hydrogen (secondary N) is 1. The Labute approximate surface area is 144 Å². The number of sulfonamides is 1. The van der Waals surface area contributed by atoms with Crippen molar-refractivity contribution in [3.8, 4) is 0 Å². The Morgan fingerprint density at radius 3 is 2.46 bits per heavy atom. The summed E-state index contributed by atoms with van der Waals surface area (Å²) in [6.45, 7) is 8.17. The van der Waals surface area contributed by atoms with Gasteiger partial charge in [0.2, 0.25) is 5.09 Å². The van der Waals surface area contributed by atoms with Crippen LogP contribution in [-0.2, 0) is 23.1 Å². The lowest BCUT2D eigenvalue weighted by molar-refractivity contribution is 0.364. The highest BCUT2D eigenvalue weighted by molar-refractivity contribution is 7.89. The molecule has 0 saturated carbocycles. The largest absolute Gasteiger partial charge is 0.447 e. The summed E-state index contributed by atoms with van der Waals surface area (Å²) >= 11 is 0. The van der Waals surface area contributed by atoms with Crippen molar-refractivity contribution >= 4 is 10.0 Å². The molecule has 0 aliphatic rings. The van der Waals surface area contributed by atoms with Crippen LogP contribution in [0.2, 0.25) is 0 Å². The fraction of sp³-hybridized carbons (Fsp3) is 0.444. The fourth-order valence-electron chi connectivity index (χ4n) is 2.36. The first-order valence-corrected chi connectivity index (χ1v) is 9.71. The van der Waals surface area contributed by atoms with Crippen molar-refractivity contribution in [1.29, 1.82) is 0 Å². The van der Waals surface area contributed by atoms with E-state index in [0.717, 1.165) is 12.1 Å². The van der Waals surface area contributed by atoms with Gasteiger partial charge in [-0.25, -0.2) is 8.42 Å². The third-order valence-electron chi connectivity index (χ3n) is 3.64. The molecule has 6 heteroatoms. The predicted molar refractivity (Wildman–Crippen MR) is 95.0 cm³/mol. The second-order valence-corrected chi connectivity index (χ2v) is 8.03. The van der Waals surface area contributed by atoms with Crippen LogP contribution in [0.5, 0.6) is 0 Å². The van der Waals surface area contributed by atoms with Gasteiger partial charge in [0.15, 0.2) is 0 Å². The zero-order valence-electron chi connectivity index (χ0n) is 14.5. The predicted octanol–water partition coefficient (Wildman–Crippen LogP) is 3.24. The first kappa shape index (κ1) is 18.7. The third kappa shape index (κ3) is 4.93. The summed E-state index contributed by atoms with van der Waals surface area (Å²) in [7, 11) is -3.63. The molecule has 1 heterocycles. The minimum absolute atomic E-state index is 0.00151. The monoisotopic (exact) mass is 350 g/mol. The fourth-order valence-corrected chi connectivity index (χ4v) is 3.72. The Balaban J connectivity index is 2.09. The van der Waals surface area contributed by atoms with Crippen molar-refractivity contribution < 1.29 is 12.8 Å². The zero-order chi connectivity index (χ0) is 17.6. The average Bonchev–Trinajstić information content (AvgIpc) is 3.03. The van der Waals surface area contributed by atoms with Crippen molar-refractivity contribution in [2.24, 2.45) is 5.92 Å². The molecule has 24 heavy (non-hydrogen) atoms. The molecule has 0 amide bonds. The summed E-state index contributed by atoms with van der Waals surface area (Å²) in [6, 6.07) is 12.8. The van der Waals surface area contributed by atoms with E-state index in [1.807, 2.05) is 37.3 Å². The first-order chi connectivity index (χ1) is 11.4. The van der Waals surface area contributed by atoms with Crippen molar-refractivity contribution in [2.75, 3.05) is 13.1 Å². The van der Waals surface area contributed by atoms with Gasteiger partial charge in [-0.1, -0.05) is 51.1 Å². The highest BCUT2D eigenvalue weighted by Crippen LogP contribution is 2.20. The summed E-state index contributed by atoms with van der Waals surface area (Å²) in [5, 5.41) is 3.25. The lowest BCUT2D eigenvalue weighted by atomic mass is 10.2. The standard InChI is InChI=1S/C18H26N2O3S/c1-4-20(14-16-8-6-5-7-9-16)24(21,22)18-11-10-17(23-18)13-19-12-15(2)3/h5-11,15,19H,4,12-14H2,1-3H3. The van der Waals surface area contributed by atoms with E-state index in [2.05, 4.69) is 19.2 Å². The van der Waals surface area contributed by atoms with E-state index in [0.29, 0.717) is 31.3 Å². The molecule has 0 aliphatic heterocycles. The minimum Gasteiger partial charge on any atom is -0.447 e. The maximum atomic E-state index is 12.8. The van der Waals surface area contributed by atoms with Crippen LogP contribution < -0.4 is 5.32 Å². The lowest BCUT2D eigenvalue weighted by Crippen LogP contribution is -2.30. The van der Waals surface area contributed by atoms with Crippen molar-refractivity contribution in [3.05, 3.63) is 53.8 Å². The molecule has 0 fully saturated rings. The molecule has 0 bridgehead atoms. The molecule has 0 aliphatic carbocycles. The molecule has 1 aromatic carbocycles. The van der Waals surface area contributed by atoms with E-state index in [9.17, 15) is 8.42 Å². The van der Waals surface area contributed by atoms with Gasteiger partial charge < -0.3 is 9.73 Å². The number of rotatable bonds is 9. The maximum Gasteiger partial charge on any atom is 0.276 e. The number of hydrogen-bond donors (Lipinski definition) is 1. The molecule has 1 aromatic heterocycles. The van der Waals surface area contributed by atoms with Crippen molar-refractivity contribution in [3.63, 3.8) is 0 Å². The maximum absolute atomic E-state index is 12.8. The molecule has 1 N–H and O–H groups in total. The summed E-state index contributed by atoms with van der Waals surface area (Å²) in [6.07, 6.45) is 0. The van der Waals surface area contributed by atoms with E-state index < -0.39 is 10.0 Å². The smallest absolute Gasteiger partial charge is 0.276 e. The molecule has 0 spiro atoms. The molecule has 132 valence electrons. The molecule has 0 saturated heterocycles. The molecular weight excluding hydrogens is 324 g/mol. The second-order valence-electron chi connectivity index (χ2n) is 6.16. The van der Waals surface area contributed by atoms with Crippen LogP contribution in [0.1, 0.15) is 32.1 Å². The van der Waals surface area contributed by atoms with Crippen molar-refractivity contribution in [2.45, 2.75) is 39.0 Å². The van der Waals surface area contributed by atoms with Gasteiger partial charge in [-0.3, -0.25) is 0 Å². The van der Waals surface area contributed by atoms with Gasteiger partial charge in [0.25, 0.3) is 10.0 Å². The van der Waals surface area contributed by atoms with Crippen LogP contribution in [0.25, 0.3) is 0 Å². The average molecular weight is 350 g/mol. The van der Waals surface area contributed by atoms with E-state index in [1.54, 1.807) is 6.07 Å². The van der Waals surface area contributed by atoms with E-state index in [4.69, 9.17) is 4.42 Å². The van der Waals surface area contributed by atoms with E-state index >= 15 is 0 Å². The Morgan fingerprint density at radius 2 is 1.83 bits per heavy atom. The van der Waals surface area contributed by atoms with Crippen LogP contribution in [0, 0.1) is 5.92 Å². The molecular formula is C18H26N2O3S. The Morgan fingerprint density at radius 1 is 1.12 bits per heavy atom. The highest BCUT2D eigenvalue weighted by atomic mass is 32.2. The Hall–Kier alpha value is -1.63. The van der Waals surface area contributed by atoms with Gasteiger partial charge in [0, 0.05) is 13.1 Å². The van der Waals surface area contributed by atoms with Gasteiger partial charge in [0.1, 0.15) is 5.76 Å². The van der Waals surface area contributed by atoms with Gasteiger partial charge >= 0.3 is 0 Å². The van der Waals surface area contributed by atoms with Gasteiger partial charge in [-0.05, 0) is 30.2 Å². The molecule has 0 atom stereocenters. The lowest BCUT2D eigenvalue weighted by Gasteiger charge is -2.19. The Bertz CT molecular complexity index is 724. The number of benzene rings is 1. The minimum atomic E-state index is -3.63. The first-order valence-electron chi connectivity index (χ1n) is 8.27. The third-order valence-corrected chi connectivity index (χ3v) is 5.43. The van der Waals surface area contributed by atoms with Gasteiger partial charge in [0.05, 0.1) is 6.54 Å². The van der Waals surface area contributed by atoms with Crippen LogP contribution in [0.15, 0.2) is 52.0 Å². The topological polar surface area (TPSA) is 62.6 Å². The van der Waals surface area contributed by atoms with Crippen LogP contribution in [-0.4, -0.2) is 25.8 Å². The molecule has 0 unspecified atom stereocenters. The van der Waals surface area contributed by atoms with Crippen LogP contribution in [0.4, 0.5) is 0 Å². The highest BCUT2D eigenvalue weighted by Gasteiger charge is 2.26. The molecule has 2 rings (SSSR count).